The Hall–Kier alpha value is -2.73. The van der Waals surface area contributed by atoms with E-state index in [1.165, 1.54) is 7.11 Å². The van der Waals surface area contributed by atoms with E-state index in [-0.39, 0.29) is 30.3 Å². The van der Waals surface area contributed by atoms with Crippen molar-refractivity contribution < 1.29 is 24.1 Å². The molecule has 1 N–H and O–H groups in total. The number of carbonyl (C=O) groups excluding carboxylic acids is 1. The second-order valence-electron chi connectivity index (χ2n) is 7.00. The number of fused-ring (bicyclic) bond motifs is 7. The zero-order valence-corrected chi connectivity index (χ0v) is 14.6. The van der Waals surface area contributed by atoms with Crippen LogP contribution in [0.5, 0.6) is 23.0 Å². The molecule has 2 heterocycles. The largest absolute Gasteiger partial charge is 0.504 e. The van der Waals surface area contributed by atoms with Crippen LogP contribution in [0.4, 0.5) is 0 Å². The third-order valence-electron chi connectivity index (χ3n) is 5.72. The maximum atomic E-state index is 13.4. The van der Waals surface area contributed by atoms with Crippen LogP contribution in [0, 0.1) is 0 Å². The summed E-state index contributed by atoms with van der Waals surface area (Å²) in [6.45, 7) is 0.946. The first kappa shape index (κ1) is 15.5. The van der Waals surface area contributed by atoms with Gasteiger partial charge in [0.2, 0.25) is 6.79 Å². The van der Waals surface area contributed by atoms with Gasteiger partial charge in [-0.15, -0.1) is 0 Å². The fourth-order valence-corrected chi connectivity index (χ4v) is 4.50. The smallest absolute Gasteiger partial charge is 0.231 e. The number of rotatable bonds is 1. The van der Waals surface area contributed by atoms with Gasteiger partial charge in [-0.2, -0.15) is 0 Å². The molecular formula is C20H19NO5. The van der Waals surface area contributed by atoms with Crippen molar-refractivity contribution in [3.8, 4) is 23.0 Å². The summed E-state index contributed by atoms with van der Waals surface area (Å²) >= 11 is 0. The number of phenols is 1. The predicted octanol–water partition coefficient (Wildman–Crippen LogP) is 2.64. The number of likely N-dealkylation sites (N-methyl/N-ethyl adjacent to an activating group) is 1. The van der Waals surface area contributed by atoms with Crippen LogP contribution in [0.3, 0.4) is 0 Å². The number of hydrogen-bond donors (Lipinski definition) is 1. The number of nitrogens with zero attached hydrogens (tertiary/aromatic N) is 1. The number of ether oxygens (including phenoxy) is 3. The second kappa shape index (κ2) is 5.38. The van der Waals surface area contributed by atoms with Crippen LogP contribution in [-0.2, 0) is 6.42 Å². The summed E-state index contributed by atoms with van der Waals surface area (Å²) in [4.78, 5) is 15.7. The summed E-state index contributed by atoms with van der Waals surface area (Å²) in [5.74, 6) is 1.31. The van der Waals surface area contributed by atoms with Crippen molar-refractivity contribution in [2.24, 2.45) is 0 Å². The first-order valence-corrected chi connectivity index (χ1v) is 8.67. The number of aromatic hydroxyl groups is 1. The Kier molecular flexibility index (Phi) is 3.21. The Morgan fingerprint density at radius 1 is 1.23 bits per heavy atom. The van der Waals surface area contributed by atoms with Crippen LogP contribution in [0.1, 0.15) is 39.0 Å². The van der Waals surface area contributed by atoms with E-state index in [2.05, 4.69) is 4.90 Å². The van der Waals surface area contributed by atoms with Crippen LogP contribution in [0.15, 0.2) is 24.3 Å². The van der Waals surface area contributed by atoms with Gasteiger partial charge in [-0.05, 0) is 48.4 Å². The van der Waals surface area contributed by atoms with Crippen LogP contribution in [0.2, 0.25) is 0 Å². The number of ketones is 1. The lowest BCUT2D eigenvalue weighted by molar-refractivity contribution is 0.0929. The summed E-state index contributed by atoms with van der Waals surface area (Å²) < 4.78 is 16.3. The van der Waals surface area contributed by atoms with E-state index in [1.54, 1.807) is 6.07 Å². The summed E-state index contributed by atoms with van der Waals surface area (Å²) in [6.07, 6.45) is 0.794. The highest BCUT2D eigenvalue weighted by atomic mass is 16.7. The van der Waals surface area contributed by atoms with Gasteiger partial charge in [0.05, 0.1) is 18.6 Å². The third-order valence-corrected chi connectivity index (χ3v) is 5.72. The maximum Gasteiger partial charge on any atom is 0.231 e. The Morgan fingerprint density at radius 3 is 2.88 bits per heavy atom. The third kappa shape index (κ3) is 1.93. The van der Waals surface area contributed by atoms with Crippen molar-refractivity contribution in [2.75, 3.05) is 27.5 Å². The highest BCUT2D eigenvalue weighted by molar-refractivity contribution is 6.09. The molecule has 3 aliphatic rings. The number of phenolic OH excluding ortho intramolecular Hbond substituents is 1. The lowest BCUT2D eigenvalue weighted by Gasteiger charge is -2.27. The summed E-state index contributed by atoms with van der Waals surface area (Å²) in [5, 5.41) is 10.3. The average Bonchev–Trinajstić information content (AvgIpc) is 3.18. The van der Waals surface area contributed by atoms with Crippen LogP contribution < -0.4 is 14.2 Å². The summed E-state index contributed by atoms with van der Waals surface area (Å²) in [5.41, 5.74) is 3.49. The van der Waals surface area contributed by atoms with E-state index in [1.807, 2.05) is 25.2 Å². The molecular weight excluding hydrogens is 334 g/mol. The summed E-state index contributed by atoms with van der Waals surface area (Å²) in [6, 6.07) is 7.30. The fourth-order valence-electron chi connectivity index (χ4n) is 4.50. The van der Waals surface area contributed by atoms with Crippen molar-refractivity contribution in [1.82, 2.24) is 4.90 Å². The summed E-state index contributed by atoms with van der Waals surface area (Å²) in [7, 11) is 3.57. The van der Waals surface area contributed by atoms with Gasteiger partial charge >= 0.3 is 0 Å². The van der Waals surface area contributed by atoms with Crippen LogP contribution in [-0.4, -0.2) is 43.3 Å². The topological polar surface area (TPSA) is 68.2 Å². The number of benzene rings is 2. The number of hydrogen-bond acceptors (Lipinski definition) is 6. The van der Waals surface area contributed by atoms with Gasteiger partial charge in [0.25, 0.3) is 0 Å². The van der Waals surface area contributed by atoms with Crippen molar-refractivity contribution >= 4 is 5.78 Å². The maximum absolute atomic E-state index is 13.4. The van der Waals surface area contributed by atoms with E-state index in [0.717, 1.165) is 29.7 Å². The number of carbonyl (C=O) groups is 1. The quantitative estimate of drug-likeness (QED) is 0.850. The van der Waals surface area contributed by atoms with E-state index >= 15 is 0 Å². The molecule has 26 heavy (non-hydrogen) atoms. The highest BCUT2D eigenvalue weighted by Gasteiger charge is 2.47. The minimum absolute atomic E-state index is 0.0203. The Bertz CT molecular complexity index is 938. The Morgan fingerprint density at radius 2 is 2.08 bits per heavy atom. The molecule has 0 saturated carbocycles. The zero-order chi connectivity index (χ0) is 18.0. The van der Waals surface area contributed by atoms with Gasteiger partial charge in [0.1, 0.15) is 0 Å². The molecule has 2 atom stereocenters. The zero-order valence-electron chi connectivity index (χ0n) is 14.6. The molecule has 0 bridgehead atoms. The Labute approximate surface area is 150 Å². The minimum atomic E-state index is -0.375. The minimum Gasteiger partial charge on any atom is -0.504 e. The van der Waals surface area contributed by atoms with E-state index in [0.29, 0.717) is 22.8 Å². The SMILES string of the molecule is COc1cc2c(cc1O)[C@@H]1C(=O)c3c(ccc4c3OCO4)[C@@H]1N(C)CC2. The van der Waals surface area contributed by atoms with Gasteiger partial charge in [0.15, 0.2) is 28.8 Å². The lowest BCUT2D eigenvalue weighted by Crippen LogP contribution is -2.27. The first-order valence-electron chi connectivity index (χ1n) is 8.67. The second-order valence-corrected chi connectivity index (χ2v) is 7.00. The molecule has 0 spiro atoms. The molecule has 6 heteroatoms. The molecule has 0 amide bonds. The van der Waals surface area contributed by atoms with E-state index in [9.17, 15) is 9.90 Å². The number of Topliss-reactive ketones (excluding diaryl/α,β-unsaturated/α-hetero) is 1. The Balaban J connectivity index is 1.73. The van der Waals surface area contributed by atoms with Gasteiger partial charge in [-0.1, -0.05) is 6.07 Å². The molecule has 0 aromatic heterocycles. The predicted molar refractivity (Wildman–Crippen MR) is 93.4 cm³/mol. The molecule has 0 radical (unpaired) electrons. The molecule has 2 aromatic carbocycles. The van der Waals surface area contributed by atoms with E-state index in [4.69, 9.17) is 14.2 Å². The van der Waals surface area contributed by atoms with Gasteiger partial charge in [-0.25, -0.2) is 0 Å². The van der Waals surface area contributed by atoms with E-state index < -0.39 is 0 Å². The first-order chi connectivity index (χ1) is 12.6. The average molecular weight is 353 g/mol. The highest BCUT2D eigenvalue weighted by Crippen LogP contribution is 2.54. The van der Waals surface area contributed by atoms with Crippen molar-refractivity contribution in [1.29, 1.82) is 0 Å². The monoisotopic (exact) mass is 353 g/mol. The van der Waals surface area contributed by atoms with Gasteiger partial charge in [0, 0.05) is 12.6 Å². The van der Waals surface area contributed by atoms with Gasteiger partial charge in [-0.3, -0.25) is 9.69 Å². The van der Waals surface area contributed by atoms with Crippen LogP contribution in [0.25, 0.3) is 0 Å². The molecule has 0 fully saturated rings. The van der Waals surface area contributed by atoms with Crippen LogP contribution >= 0.6 is 0 Å². The molecule has 6 nitrogen and oxygen atoms in total. The van der Waals surface area contributed by atoms with Crippen molar-refractivity contribution in [3.63, 3.8) is 0 Å². The molecule has 1 aliphatic carbocycles. The molecule has 2 aliphatic heterocycles. The van der Waals surface area contributed by atoms with Crippen molar-refractivity contribution in [2.45, 2.75) is 18.4 Å². The standard InChI is InChI=1S/C20H19NO5/c1-21-6-5-10-7-15(24-2)13(22)8-12(10)16-18(21)11-3-4-14-20(26-9-25-14)17(11)19(16)23/h3-4,7-8,16,18,22H,5-6,9H2,1-2H3/t16-,18-/m0/s1. The van der Waals surface area contributed by atoms with Crippen molar-refractivity contribution in [3.05, 3.63) is 46.5 Å². The van der Waals surface area contributed by atoms with Gasteiger partial charge < -0.3 is 19.3 Å². The molecule has 0 unspecified atom stereocenters. The molecule has 5 rings (SSSR count). The molecule has 134 valence electrons. The number of methoxy groups -OCH3 is 1. The molecule has 0 saturated heterocycles. The molecule has 2 aromatic rings. The fraction of sp³-hybridized carbons (Fsp3) is 0.350. The lowest BCUT2D eigenvalue weighted by atomic mass is 9.88. The normalized spacial score (nSPS) is 23.2.